The molecule has 0 N–H and O–H groups in total. The zero-order chi connectivity index (χ0) is 18.0. The quantitative estimate of drug-likeness (QED) is 0.610. The van der Waals surface area contributed by atoms with Crippen LogP contribution in [0.3, 0.4) is 0 Å². The van der Waals surface area contributed by atoms with Gasteiger partial charge in [0.15, 0.2) is 0 Å². The Kier molecular flexibility index (Phi) is 5.68. The predicted octanol–water partition coefficient (Wildman–Crippen LogP) is 6.03. The molecule has 25 heavy (non-hydrogen) atoms. The Morgan fingerprint density at radius 1 is 1.20 bits per heavy atom. The summed E-state index contributed by atoms with van der Waals surface area (Å²) in [4.78, 5) is 4.38. The number of nitrogens with zero attached hydrogens (tertiary/aromatic N) is 1. The lowest BCUT2D eigenvalue weighted by Gasteiger charge is -2.53. The molecule has 1 saturated carbocycles. The first kappa shape index (κ1) is 18.6. The monoisotopic (exact) mass is 341 g/mol. The Labute approximate surface area is 154 Å². The number of pyridine rings is 1. The van der Waals surface area contributed by atoms with E-state index in [0.29, 0.717) is 18.1 Å². The second-order valence-corrected chi connectivity index (χ2v) is 9.06. The van der Waals surface area contributed by atoms with Crippen LogP contribution in [-0.2, 0) is 11.3 Å². The highest BCUT2D eigenvalue weighted by molar-refractivity contribution is 5.24. The molecule has 3 rings (SSSR count). The van der Waals surface area contributed by atoms with Gasteiger partial charge in [-0.25, -0.2) is 0 Å². The first-order valence-electron chi connectivity index (χ1n) is 10.1. The number of fused-ring (bicyclic) bond motifs is 1. The molecule has 4 atom stereocenters. The minimum atomic E-state index is 0.352. The molecule has 0 saturated heterocycles. The Morgan fingerprint density at radius 3 is 2.64 bits per heavy atom. The molecular weight excluding hydrogens is 306 g/mol. The number of rotatable bonds is 5. The molecule has 0 amide bonds. The third-order valence-electron chi connectivity index (χ3n) is 6.77. The molecule has 2 aliphatic carbocycles. The van der Waals surface area contributed by atoms with Crippen molar-refractivity contribution in [1.82, 2.24) is 4.98 Å². The lowest BCUT2D eigenvalue weighted by atomic mass is 9.52. The molecule has 138 valence electrons. The minimum Gasteiger partial charge on any atom is -0.372 e. The van der Waals surface area contributed by atoms with Crippen molar-refractivity contribution in [2.24, 2.45) is 29.1 Å². The van der Waals surface area contributed by atoms with Crippen molar-refractivity contribution in [3.05, 3.63) is 41.7 Å². The summed E-state index contributed by atoms with van der Waals surface area (Å²) in [7, 11) is 0. The zero-order valence-corrected chi connectivity index (χ0v) is 16.7. The smallest absolute Gasteiger partial charge is 0.0891 e. The molecule has 2 unspecified atom stereocenters. The van der Waals surface area contributed by atoms with Crippen LogP contribution in [0.2, 0.25) is 0 Å². The van der Waals surface area contributed by atoms with Crippen LogP contribution < -0.4 is 0 Å². The van der Waals surface area contributed by atoms with Gasteiger partial charge in [0.05, 0.1) is 18.4 Å². The average Bonchev–Trinajstić information content (AvgIpc) is 2.59. The first-order chi connectivity index (χ1) is 11.9. The van der Waals surface area contributed by atoms with Gasteiger partial charge in [-0.05, 0) is 66.9 Å². The van der Waals surface area contributed by atoms with Crippen LogP contribution in [0.4, 0.5) is 0 Å². The molecule has 2 aliphatic rings. The fourth-order valence-electron chi connectivity index (χ4n) is 5.54. The van der Waals surface area contributed by atoms with Crippen LogP contribution in [0.25, 0.3) is 0 Å². The van der Waals surface area contributed by atoms with E-state index in [2.05, 4.69) is 51.7 Å². The van der Waals surface area contributed by atoms with Crippen molar-refractivity contribution in [2.75, 3.05) is 0 Å². The van der Waals surface area contributed by atoms with Gasteiger partial charge in [0.25, 0.3) is 0 Å². The summed E-state index contributed by atoms with van der Waals surface area (Å²) in [6.45, 7) is 12.8. The van der Waals surface area contributed by atoms with Gasteiger partial charge in [-0.3, -0.25) is 4.98 Å². The van der Waals surface area contributed by atoms with Crippen LogP contribution in [0.1, 0.15) is 66.0 Å². The van der Waals surface area contributed by atoms with Crippen LogP contribution in [-0.4, -0.2) is 11.1 Å². The van der Waals surface area contributed by atoms with Crippen LogP contribution in [0.5, 0.6) is 0 Å². The maximum atomic E-state index is 6.23. The fourth-order valence-corrected chi connectivity index (χ4v) is 5.54. The maximum absolute atomic E-state index is 6.23. The van der Waals surface area contributed by atoms with E-state index in [1.54, 1.807) is 5.57 Å². The van der Waals surface area contributed by atoms with E-state index >= 15 is 0 Å². The van der Waals surface area contributed by atoms with E-state index in [4.69, 9.17) is 4.74 Å². The van der Waals surface area contributed by atoms with Gasteiger partial charge in [-0.1, -0.05) is 52.3 Å². The predicted molar refractivity (Wildman–Crippen MR) is 104 cm³/mol. The third kappa shape index (κ3) is 3.84. The first-order valence-corrected chi connectivity index (χ1v) is 10.1. The van der Waals surface area contributed by atoms with Gasteiger partial charge in [0, 0.05) is 6.20 Å². The molecule has 0 radical (unpaired) electrons. The Bertz CT molecular complexity index is 591. The van der Waals surface area contributed by atoms with E-state index in [1.807, 2.05) is 18.3 Å². The largest absolute Gasteiger partial charge is 0.372 e. The van der Waals surface area contributed by atoms with Crippen molar-refractivity contribution in [3.63, 3.8) is 0 Å². The number of hydrogen-bond acceptors (Lipinski definition) is 2. The Hall–Kier alpha value is -1.15. The normalized spacial score (nSPS) is 32.6. The summed E-state index contributed by atoms with van der Waals surface area (Å²) in [5, 5.41) is 0. The van der Waals surface area contributed by atoms with E-state index in [-0.39, 0.29) is 0 Å². The summed E-state index contributed by atoms with van der Waals surface area (Å²) in [6.07, 6.45) is 9.56. The molecule has 0 aliphatic heterocycles. The Morgan fingerprint density at radius 2 is 2.00 bits per heavy atom. The average molecular weight is 342 g/mol. The van der Waals surface area contributed by atoms with Gasteiger partial charge in [0.1, 0.15) is 0 Å². The van der Waals surface area contributed by atoms with Crippen LogP contribution >= 0.6 is 0 Å². The lowest BCUT2D eigenvalue weighted by molar-refractivity contribution is -0.0239. The molecule has 0 aromatic carbocycles. The molecule has 0 spiro atoms. The fraction of sp³-hybridized carbons (Fsp3) is 0.696. The molecule has 2 nitrogen and oxygen atoms in total. The zero-order valence-electron chi connectivity index (χ0n) is 16.7. The highest BCUT2D eigenvalue weighted by atomic mass is 16.5. The Balaban J connectivity index is 1.70. The van der Waals surface area contributed by atoms with Crippen molar-refractivity contribution in [1.29, 1.82) is 0 Å². The summed E-state index contributed by atoms with van der Waals surface area (Å²) in [6, 6.07) is 6.04. The SMILES string of the molecule is CC(C)C1CC=C2C[C@@H](OCc3ccccn3)CC[C@]2(C)C1C(C)C. The molecular formula is C23H35NO. The second kappa shape index (κ2) is 7.61. The standard InChI is InChI=1S/C23H35NO/c1-16(2)21-10-9-18-14-20(25-15-19-8-6-7-13-24-19)11-12-23(18,5)22(21)17(3)4/h6-9,13,16-17,20-22H,10-12,14-15H2,1-5H3/t20-,21?,22?,23-/m0/s1. The third-order valence-corrected chi connectivity index (χ3v) is 6.77. The van der Waals surface area contributed by atoms with Crippen molar-refractivity contribution < 1.29 is 4.74 Å². The van der Waals surface area contributed by atoms with Crippen molar-refractivity contribution >= 4 is 0 Å². The highest BCUT2D eigenvalue weighted by Gasteiger charge is 2.48. The molecule has 1 fully saturated rings. The van der Waals surface area contributed by atoms with Gasteiger partial charge >= 0.3 is 0 Å². The van der Waals surface area contributed by atoms with Gasteiger partial charge < -0.3 is 4.74 Å². The van der Waals surface area contributed by atoms with E-state index in [9.17, 15) is 0 Å². The number of allylic oxidation sites excluding steroid dienone is 1. The van der Waals surface area contributed by atoms with Gasteiger partial charge in [-0.2, -0.15) is 0 Å². The summed E-state index contributed by atoms with van der Waals surface area (Å²) in [5.74, 6) is 3.12. The summed E-state index contributed by atoms with van der Waals surface area (Å²) in [5.41, 5.74) is 3.07. The highest BCUT2D eigenvalue weighted by Crippen LogP contribution is 2.56. The summed E-state index contributed by atoms with van der Waals surface area (Å²) >= 11 is 0. The molecule has 0 bridgehead atoms. The number of hydrogen-bond donors (Lipinski definition) is 0. The van der Waals surface area contributed by atoms with Crippen molar-refractivity contribution in [2.45, 2.75) is 73.0 Å². The lowest BCUT2D eigenvalue weighted by Crippen LogP contribution is -2.46. The molecule has 1 heterocycles. The maximum Gasteiger partial charge on any atom is 0.0891 e. The number of ether oxygens (including phenoxy) is 1. The molecule has 1 aromatic rings. The second-order valence-electron chi connectivity index (χ2n) is 9.06. The molecule has 1 aromatic heterocycles. The van der Waals surface area contributed by atoms with Gasteiger partial charge in [-0.15, -0.1) is 0 Å². The van der Waals surface area contributed by atoms with E-state index in [1.165, 1.54) is 19.3 Å². The molecule has 2 heteroatoms. The van der Waals surface area contributed by atoms with Crippen LogP contribution in [0, 0.1) is 29.1 Å². The summed E-state index contributed by atoms with van der Waals surface area (Å²) < 4.78 is 6.23. The van der Waals surface area contributed by atoms with E-state index < -0.39 is 0 Å². The number of aromatic nitrogens is 1. The van der Waals surface area contributed by atoms with E-state index in [0.717, 1.165) is 35.8 Å². The van der Waals surface area contributed by atoms with Crippen molar-refractivity contribution in [3.8, 4) is 0 Å². The van der Waals surface area contributed by atoms with Gasteiger partial charge in [0.2, 0.25) is 0 Å². The topological polar surface area (TPSA) is 22.1 Å². The minimum absolute atomic E-state index is 0.352. The van der Waals surface area contributed by atoms with Crippen LogP contribution in [0.15, 0.2) is 36.0 Å².